The molecular formula is C21H46NO5P. The number of phosphoric ester groups is 1. The van der Waals surface area contributed by atoms with E-state index in [9.17, 15) is 9.67 Å². The Morgan fingerprint density at radius 3 is 1.43 bits per heavy atom. The van der Waals surface area contributed by atoms with Crippen molar-refractivity contribution in [2.75, 3.05) is 6.54 Å². The number of hydrogen-bond donors (Lipinski definition) is 4. The van der Waals surface area contributed by atoms with Crippen LogP contribution in [0.3, 0.4) is 0 Å². The van der Waals surface area contributed by atoms with E-state index in [0.29, 0.717) is 6.42 Å². The van der Waals surface area contributed by atoms with Crippen LogP contribution < -0.4 is 5.73 Å². The topological polar surface area (TPSA) is 113 Å². The highest BCUT2D eigenvalue weighted by Crippen LogP contribution is 2.39. The Morgan fingerprint density at radius 1 is 0.750 bits per heavy atom. The van der Waals surface area contributed by atoms with Gasteiger partial charge in [-0.05, 0) is 6.42 Å². The lowest BCUT2D eigenvalue weighted by atomic mass is 10.0. The summed E-state index contributed by atoms with van der Waals surface area (Å²) in [4.78, 5) is 17.8. The molecule has 0 amide bonds. The molecule has 170 valence electrons. The van der Waals surface area contributed by atoms with Crippen LogP contribution >= 0.6 is 7.82 Å². The van der Waals surface area contributed by atoms with E-state index in [1.54, 1.807) is 0 Å². The van der Waals surface area contributed by atoms with Crippen molar-refractivity contribution in [1.82, 2.24) is 0 Å². The van der Waals surface area contributed by atoms with E-state index >= 15 is 0 Å². The molecule has 0 aromatic carbocycles. The molecule has 0 aromatic heterocycles. The second-order valence-electron chi connectivity index (χ2n) is 8.03. The first-order valence-electron chi connectivity index (χ1n) is 11.5. The zero-order valence-electron chi connectivity index (χ0n) is 18.1. The molecule has 2 unspecified atom stereocenters. The Morgan fingerprint density at radius 2 is 1.11 bits per heavy atom. The fourth-order valence-electron chi connectivity index (χ4n) is 3.54. The average Bonchev–Trinajstić information content (AvgIpc) is 2.65. The molecule has 0 fully saturated rings. The minimum Gasteiger partial charge on any atom is -0.389 e. The van der Waals surface area contributed by atoms with Crippen molar-refractivity contribution in [2.24, 2.45) is 5.73 Å². The summed E-state index contributed by atoms with van der Waals surface area (Å²) in [7, 11) is -4.60. The molecule has 0 aliphatic rings. The molecule has 7 heteroatoms. The van der Waals surface area contributed by atoms with Gasteiger partial charge in [-0.3, -0.25) is 4.52 Å². The van der Waals surface area contributed by atoms with Crippen LogP contribution in [-0.2, 0) is 9.09 Å². The van der Waals surface area contributed by atoms with Gasteiger partial charge in [0.2, 0.25) is 0 Å². The van der Waals surface area contributed by atoms with Gasteiger partial charge < -0.3 is 20.6 Å². The second-order valence-corrected chi connectivity index (χ2v) is 9.22. The third-order valence-corrected chi connectivity index (χ3v) is 5.83. The first-order chi connectivity index (χ1) is 13.4. The molecule has 0 aliphatic carbocycles. The van der Waals surface area contributed by atoms with Crippen LogP contribution in [0.2, 0.25) is 0 Å². The zero-order chi connectivity index (χ0) is 21.1. The van der Waals surface area contributed by atoms with Gasteiger partial charge in [-0.2, -0.15) is 0 Å². The van der Waals surface area contributed by atoms with Crippen LogP contribution in [0, 0.1) is 0 Å². The molecule has 0 saturated heterocycles. The Labute approximate surface area is 172 Å². The van der Waals surface area contributed by atoms with Crippen molar-refractivity contribution >= 4 is 7.82 Å². The monoisotopic (exact) mass is 423 g/mol. The maximum Gasteiger partial charge on any atom is 0.469 e. The second kappa shape index (κ2) is 19.0. The number of unbranched alkanes of at least 4 members (excludes halogenated alkanes) is 15. The van der Waals surface area contributed by atoms with Crippen molar-refractivity contribution < 1.29 is 24.0 Å². The predicted octanol–water partition coefficient (Wildman–Crippen LogP) is 5.44. The summed E-state index contributed by atoms with van der Waals surface area (Å²) in [6.45, 7) is 2.19. The Kier molecular flexibility index (Phi) is 19.0. The third-order valence-electron chi connectivity index (χ3n) is 5.29. The first kappa shape index (κ1) is 28.0. The maximum atomic E-state index is 11.0. The molecule has 0 spiro atoms. The zero-order valence-corrected chi connectivity index (χ0v) is 19.0. The van der Waals surface area contributed by atoms with Gasteiger partial charge in [-0.1, -0.05) is 110 Å². The van der Waals surface area contributed by atoms with Crippen LogP contribution in [0.5, 0.6) is 0 Å². The minimum absolute atomic E-state index is 0.0659. The van der Waals surface area contributed by atoms with Crippen molar-refractivity contribution in [3.05, 3.63) is 0 Å². The molecule has 0 heterocycles. The Balaban J connectivity index is 3.43. The van der Waals surface area contributed by atoms with E-state index in [1.807, 2.05) is 0 Å². The van der Waals surface area contributed by atoms with Crippen molar-refractivity contribution in [2.45, 2.75) is 128 Å². The quantitative estimate of drug-likeness (QED) is 0.144. The molecule has 28 heavy (non-hydrogen) atoms. The molecule has 0 aliphatic heterocycles. The van der Waals surface area contributed by atoms with E-state index in [0.717, 1.165) is 19.3 Å². The van der Waals surface area contributed by atoms with Crippen LogP contribution in [-0.4, -0.2) is 33.6 Å². The molecular weight excluding hydrogens is 377 g/mol. The van der Waals surface area contributed by atoms with E-state index < -0.39 is 20.0 Å². The summed E-state index contributed by atoms with van der Waals surface area (Å²) in [6.07, 6.45) is 18.9. The van der Waals surface area contributed by atoms with Gasteiger partial charge in [-0.15, -0.1) is 0 Å². The van der Waals surface area contributed by atoms with E-state index in [2.05, 4.69) is 11.4 Å². The molecule has 2 atom stereocenters. The molecule has 0 aromatic rings. The van der Waals surface area contributed by atoms with Crippen molar-refractivity contribution in [1.29, 1.82) is 0 Å². The number of rotatable bonds is 21. The van der Waals surface area contributed by atoms with Crippen molar-refractivity contribution in [3.8, 4) is 0 Å². The molecule has 0 bridgehead atoms. The van der Waals surface area contributed by atoms with E-state index in [1.165, 1.54) is 83.5 Å². The van der Waals surface area contributed by atoms with Crippen LogP contribution in [0.25, 0.3) is 0 Å². The molecule has 0 rings (SSSR count). The lowest BCUT2D eigenvalue weighted by Gasteiger charge is -2.22. The summed E-state index contributed by atoms with van der Waals surface area (Å²) >= 11 is 0. The summed E-state index contributed by atoms with van der Waals surface area (Å²) in [5.41, 5.74) is 5.37. The molecule has 6 nitrogen and oxygen atoms in total. The summed E-state index contributed by atoms with van der Waals surface area (Å²) in [6, 6.07) is 0. The van der Waals surface area contributed by atoms with Gasteiger partial charge in [0, 0.05) is 6.54 Å². The number of phosphoric acid groups is 1. The number of aliphatic hydroxyl groups is 1. The van der Waals surface area contributed by atoms with Crippen LogP contribution in [0.4, 0.5) is 0 Å². The van der Waals surface area contributed by atoms with Crippen LogP contribution in [0.15, 0.2) is 0 Å². The average molecular weight is 424 g/mol. The number of hydrogen-bond acceptors (Lipinski definition) is 4. The van der Waals surface area contributed by atoms with Crippen molar-refractivity contribution in [3.63, 3.8) is 0 Å². The van der Waals surface area contributed by atoms with Gasteiger partial charge in [0.25, 0.3) is 0 Å². The van der Waals surface area contributed by atoms with Gasteiger partial charge in [0.15, 0.2) is 0 Å². The largest absolute Gasteiger partial charge is 0.469 e. The normalized spacial score (nSPS) is 14.3. The molecule has 5 N–H and O–H groups in total. The van der Waals surface area contributed by atoms with Gasteiger partial charge >= 0.3 is 7.82 Å². The van der Waals surface area contributed by atoms with Gasteiger partial charge in [0.05, 0.1) is 12.2 Å². The fraction of sp³-hybridized carbons (Fsp3) is 1.00. The fourth-order valence-corrected chi connectivity index (χ4v) is 4.14. The Hall–Kier alpha value is 0.0300. The summed E-state index contributed by atoms with van der Waals surface area (Å²) in [5, 5.41) is 9.71. The predicted molar refractivity (Wildman–Crippen MR) is 116 cm³/mol. The SMILES string of the molecule is CCCCCCCCCCCCCCCCCCC(OP(=O)(O)O)C(O)CN. The Bertz CT molecular complexity index is 378. The lowest BCUT2D eigenvalue weighted by Crippen LogP contribution is -2.34. The highest BCUT2D eigenvalue weighted by molar-refractivity contribution is 7.46. The lowest BCUT2D eigenvalue weighted by molar-refractivity contribution is 0.0162. The highest BCUT2D eigenvalue weighted by Gasteiger charge is 2.27. The van der Waals surface area contributed by atoms with E-state index in [4.69, 9.17) is 15.5 Å². The molecule has 0 radical (unpaired) electrons. The van der Waals surface area contributed by atoms with E-state index in [-0.39, 0.29) is 6.54 Å². The number of nitrogens with two attached hydrogens (primary N) is 1. The number of aliphatic hydroxyl groups excluding tert-OH is 1. The summed E-state index contributed by atoms with van der Waals surface area (Å²) < 4.78 is 15.6. The van der Waals surface area contributed by atoms with Crippen LogP contribution in [0.1, 0.15) is 116 Å². The first-order valence-corrected chi connectivity index (χ1v) is 13.1. The van der Waals surface area contributed by atoms with Gasteiger partial charge in [0.1, 0.15) is 0 Å². The highest BCUT2D eigenvalue weighted by atomic mass is 31.2. The maximum absolute atomic E-state index is 11.0. The molecule has 0 saturated carbocycles. The third kappa shape index (κ3) is 19.4. The standard InChI is InChI=1S/C21H46NO5P/c1-2-3-4-5-6-7-8-9-10-11-12-13-14-15-16-17-18-21(20(23)19-22)27-28(24,25)26/h20-21,23H,2-19,22H2,1H3,(H2,24,25,26). The van der Waals surface area contributed by atoms with Gasteiger partial charge in [-0.25, -0.2) is 4.57 Å². The summed E-state index contributed by atoms with van der Waals surface area (Å²) in [5.74, 6) is 0. The smallest absolute Gasteiger partial charge is 0.389 e. The minimum atomic E-state index is -4.60.